The second-order valence-corrected chi connectivity index (χ2v) is 6.58. The summed E-state index contributed by atoms with van der Waals surface area (Å²) in [7, 11) is 0. The van der Waals surface area contributed by atoms with Crippen molar-refractivity contribution in [1.82, 2.24) is 0 Å². The molecule has 0 aromatic heterocycles. The summed E-state index contributed by atoms with van der Waals surface area (Å²) in [5.41, 5.74) is 0.402. The Morgan fingerprint density at radius 2 is 2.24 bits per heavy atom. The zero-order chi connectivity index (χ0) is 12.5. The Hall–Kier alpha value is -0.550. The van der Waals surface area contributed by atoms with E-state index in [2.05, 4.69) is 40.1 Å². The van der Waals surface area contributed by atoms with E-state index in [1.807, 2.05) is 0 Å². The SMILES string of the molecule is CC1(C)CCSC(Nc2cc(Br)ccc2F)=N1. The van der Waals surface area contributed by atoms with Crippen molar-refractivity contribution in [2.45, 2.75) is 25.8 Å². The molecule has 0 spiro atoms. The number of nitrogens with one attached hydrogen (secondary N) is 1. The molecular weight excluding hydrogens is 303 g/mol. The molecule has 0 fully saturated rings. The topological polar surface area (TPSA) is 24.4 Å². The molecule has 0 saturated carbocycles. The molecule has 1 aliphatic rings. The van der Waals surface area contributed by atoms with Gasteiger partial charge in [0.05, 0.1) is 11.2 Å². The van der Waals surface area contributed by atoms with Gasteiger partial charge >= 0.3 is 0 Å². The number of benzene rings is 1. The highest BCUT2D eigenvalue weighted by molar-refractivity contribution is 9.10. The van der Waals surface area contributed by atoms with Gasteiger partial charge in [0.1, 0.15) is 5.82 Å². The lowest BCUT2D eigenvalue weighted by molar-refractivity contribution is 0.507. The molecule has 1 N–H and O–H groups in total. The summed E-state index contributed by atoms with van der Waals surface area (Å²) in [4.78, 5) is 4.57. The minimum atomic E-state index is -0.264. The van der Waals surface area contributed by atoms with Gasteiger partial charge in [0.2, 0.25) is 0 Å². The van der Waals surface area contributed by atoms with E-state index in [1.165, 1.54) is 6.07 Å². The van der Waals surface area contributed by atoms with Gasteiger partial charge in [-0.3, -0.25) is 4.99 Å². The van der Waals surface area contributed by atoms with Crippen molar-refractivity contribution in [2.75, 3.05) is 11.1 Å². The summed E-state index contributed by atoms with van der Waals surface area (Å²) in [5.74, 6) is 0.744. The Morgan fingerprint density at radius 3 is 2.94 bits per heavy atom. The summed E-state index contributed by atoms with van der Waals surface area (Å²) < 4.78 is 14.4. The summed E-state index contributed by atoms with van der Waals surface area (Å²) in [6.07, 6.45) is 1.05. The molecule has 5 heteroatoms. The molecule has 0 radical (unpaired) electrons. The van der Waals surface area contributed by atoms with E-state index in [1.54, 1.807) is 23.9 Å². The first-order valence-electron chi connectivity index (χ1n) is 5.41. The quantitative estimate of drug-likeness (QED) is 0.836. The van der Waals surface area contributed by atoms with Crippen molar-refractivity contribution < 1.29 is 4.39 Å². The van der Waals surface area contributed by atoms with Crippen LogP contribution in [0.1, 0.15) is 20.3 Å². The Kier molecular flexibility index (Phi) is 3.78. The number of hydrogen-bond acceptors (Lipinski definition) is 3. The van der Waals surface area contributed by atoms with Gasteiger partial charge in [0.15, 0.2) is 5.17 Å². The lowest BCUT2D eigenvalue weighted by atomic mass is 10.0. The maximum atomic E-state index is 13.6. The molecule has 92 valence electrons. The molecule has 0 atom stereocenters. The number of thioether (sulfide) groups is 1. The van der Waals surface area contributed by atoms with Gasteiger partial charge in [-0.1, -0.05) is 27.7 Å². The van der Waals surface area contributed by atoms with Crippen LogP contribution >= 0.6 is 27.7 Å². The van der Waals surface area contributed by atoms with Crippen molar-refractivity contribution in [3.63, 3.8) is 0 Å². The third-order valence-corrected chi connectivity index (χ3v) is 3.90. The third-order valence-electron chi connectivity index (χ3n) is 2.53. The van der Waals surface area contributed by atoms with Gasteiger partial charge in [-0.2, -0.15) is 0 Å². The number of rotatable bonds is 1. The Labute approximate surface area is 113 Å². The van der Waals surface area contributed by atoms with E-state index >= 15 is 0 Å². The molecule has 1 aliphatic heterocycles. The van der Waals surface area contributed by atoms with Gasteiger partial charge < -0.3 is 5.32 Å². The molecule has 0 amide bonds. The Morgan fingerprint density at radius 1 is 1.47 bits per heavy atom. The van der Waals surface area contributed by atoms with Crippen molar-refractivity contribution in [2.24, 2.45) is 4.99 Å². The second kappa shape index (κ2) is 4.98. The molecule has 17 heavy (non-hydrogen) atoms. The van der Waals surface area contributed by atoms with Crippen molar-refractivity contribution in [3.05, 3.63) is 28.5 Å². The molecule has 1 aromatic carbocycles. The van der Waals surface area contributed by atoms with Crippen LogP contribution in [0.2, 0.25) is 0 Å². The molecule has 2 nitrogen and oxygen atoms in total. The van der Waals surface area contributed by atoms with Gasteiger partial charge in [0, 0.05) is 10.2 Å². The molecule has 0 unspecified atom stereocenters. The lowest BCUT2D eigenvalue weighted by Gasteiger charge is -2.26. The van der Waals surface area contributed by atoms with Crippen LogP contribution in [-0.4, -0.2) is 16.5 Å². The predicted molar refractivity (Wildman–Crippen MR) is 76.3 cm³/mol. The third kappa shape index (κ3) is 3.45. The fourth-order valence-corrected chi connectivity index (χ4v) is 3.18. The lowest BCUT2D eigenvalue weighted by Crippen LogP contribution is -2.27. The van der Waals surface area contributed by atoms with Crippen LogP contribution in [0.4, 0.5) is 10.1 Å². The molecule has 1 aromatic rings. The zero-order valence-electron chi connectivity index (χ0n) is 9.76. The minimum Gasteiger partial charge on any atom is -0.333 e. The number of amidine groups is 1. The molecule has 0 saturated heterocycles. The fourth-order valence-electron chi connectivity index (χ4n) is 1.53. The average molecular weight is 317 g/mol. The molecule has 2 rings (SSSR count). The van der Waals surface area contributed by atoms with E-state index in [-0.39, 0.29) is 11.4 Å². The summed E-state index contributed by atoms with van der Waals surface area (Å²) in [5, 5.41) is 3.84. The maximum Gasteiger partial charge on any atom is 0.161 e. The summed E-state index contributed by atoms with van der Waals surface area (Å²) in [6, 6.07) is 4.84. The smallest absolute Gasteiger partial charge is 0.161 e. The standard InChI is InChI=1S/C12H14BrFN2S/c1-12(2)5-6-17-11(16-12)15-10-7-8(13)3-4-9(10)14/h3-4,7H,5-6H2,1-2H3,(H,15,16). The number of anilines is 1. The Balaban J connectivity index is 2.21. The summed E-state index contributed by atoms with van der Waals surface area (Å²) in [6.45, 7) is 4.18. The first-order valence-corrected chi connectivity index (χ1v) is 7.19. The van der Waals surface area contributed by atoms with E-state index in [4.69, 9.17) is 0 Å². The number of halogens is 2. The zero-order valence-corrected chi connectivity index (χ0v) is 12.2. The fraction of sp³-hybridized carbons (Fsp3) is 0.417. The first-order chi connectivity index (χ1) is 7.96. The van der Waals surface area contributed by atoms with Crippen LogP contribution in [0.15, 0.2) is 27.7 Å². The second-order valence-electron chi connectivity index (χ2n) is 4.58. The highest BCUT2D eigenvalue weighted by Gasteiger charge is 2.22. The largest absolute Gasteiger partial charge is 0.333 e. The summed E-state index contributed by atoms with van der Waals surface area (Å²) >= 11 is 4.96. The highest BCUT2D eigenvalue weighted by Crippen LogP contribution is 2.28. The highest BCUT2D eigenvalue weighted by atomic mass is 79.9. The van der Waals surface area contributed by atoms with Gasteiger partial charge in [-0.25, -0.2) is 4.39 Å². The van der Waals surface area contributed by atoms with E-state index in [0.717, 1.165) is 21.8 Å². The van der Waals surface area contributed by atoms with Crippen LogP contribution in [0.5, 0.6) is 0 Å². The minimum absolute atomic E-state index is 0.0595. The van der Waals surface area contributed by atoms with Crippen LogP contribution in [-0.2, 0) is 0 Å². The normalized spacial score (nSPS) is 18.7. The number of aliphatic imine (C=N–C) groups is 1. The first kappa shape index (κ1) is 12.9. The molecule has 1 heterocycles. The number of hydrogen-bond donors (Lipinski definition) is 1. The van der Waals surface area contributed by atoms with Crippen LogP contribution in [0.3, 0.4) is 0 Å². The van der Waals surface area contributed by atoms with Crippen molar-refractivity contribution >= 4 is 38.5 Å². The van der Waals surface area contributed by atoms with Crippen molar-refractivity contribution in [1.29, 1.82) is 0 Å². The van der Waals surface area contributed by atoms with E-state index < -0.39 is 0 Å². The van der Waals surface area contributed by atoms with Gasteiger partial charge in [-0.05, 0) is 38.5 Å². The Bertz CT molecular complexity index is 460. The predicted octanol–water partition coefficient (Wildman–Crippen LogP) is 4.27. The van der Waals surface area contributed by atoms with Crippen LogP contribution in [0, 0.1) is 5.82 Å². The number of nitrogens with zero attached hydrogens (tertiary/aromatic N) is 1. The molecular formula is C12H14BrFN2S. The van der Waals surface area contributed by atoms with E-state index in [0.29, 0.717) is 5.69 Å². The van der Waals surface area contributed by atoms with Crippen molar-refractivity contribution in [3.8, 4) is 0 Å². The van der Waals surface area contributed by atoms with Gasteiger partial charge in [0.25, 0.3) is 0 Å². The molecule has 0 aliphatic carbocycles. The van der Waals surface area contributed by atoms with Crippen LogP contribution < -0.4 is 5.32 Å². The van der Waals surface area contributed by atoms with Gasteiger partial charge in [-0.15, -0.1) is 0 Å². The van der Waals surface area contributed by atoms with E-state index in [9.17, 15) is 4.39 Å². The molecule has 0 bridgehead atoms. The monoisotopic (exact) mass is 316 g/mol. The van der Waals surface area contributed by atoms with Crippen LogP contribution in [0.25, 0.3) is 0 Å². The average Bonchev–Trinajstić information content (AvgIpc) is 2.22. The maximum absolute atomic E-state index is 13.6.